The van der Waals surface area contributed by atoms with Crippen LogP contribution < -0.4 is 0 Å². The highest BCUT2D eigenvalue weighted by atomic mass is 16.5. The van der Waals surface area contributed by atoms with Crippen molar-refractivity contribution in [2.45, 2.75) is 38.2 Å². The number of rotatable bonds is 4. The molecule has 0 aliphatic heterocycles. The van der Waals surface area contributed by atoms with Gasteiger partial charge in [0.05, 0.1) is 0 Å². The molecule has 0 saturated heterocycles. The van der Waals surface area contributed by atoms with E-state index in [1.54, 1.807) is 0 Å². The molecule has 16 heavy (non-hydrogen) atoms. The minimum Gasteiger partial charge on any atom is -0.479 e. The van der Waals surface area contributed by atoms with Crippen LogP contribution in [0.4, 0.5) is 0 Å². The molecule has 1 aromatic heterocycles. The fourth-order valence-corrected chi connectivity index (χ4v) is 2.61. The maximum atomic E-state index is 11.2. The van der Waals surface area contributed by atoms with Gasteiger partial charge in [-0.1, -0.05) is 0 Å². The third kappa shape index (κ3) is 1.53. The molecule has 1 unspecified atom stereocenters. The molecule has 1 aliphatic rings. The van der Waals surface area contributed by atoms with Gasteiger partial charge in [-0.15, -0.1) is 0 Å². The van der Waals surface area contributed by atoms with Gasteiger partial charge in [-0.05, 0) is 38.3 Å². The summed E-state index contributed by atoms with van der Waals surface area (Å²) in [6.45, 7) is 3.96. The number of H-pyrrole nitrogens is 1. The number of methoxy groups -OCH3 is 1. The van der Waals surface area contributed by atoms with E-state index in [0.29, 0.717) is 0 Å². The van der Waals surface area contributed by atoms with Crippen molar-refractivity contribution in [3.8, 4) is 0 Å². The molecule has 2 rings (SSSR count). The maximum Gasteiger partial charge on any atom is 0.333 e. The molecule has 4 heteroatoms. The fraction of sp³-hybridized carbons (Fsp3) is 0.583. The van der Waals surface area contributed by atoms with E-state index in [4.69, 9.17) is 4.74 Å². The van der Waals surface area contributed by atoms with Crippen molar-refractivity contribution in [3.05, 3.63) is 23.0 Å². The monoisotopic (exact) mass is 223 g/mol. The number of hydrogen-bond donors (Lipinski definition) is 2. The Kier molecular flexibility index (Phi) is 2.54. The van der Waals surface area contributed by atoms with Gasteiger partial charge in [0.1, 0.15) is 0 Å². The van der Waals surface area contributed by atoms with Gasteiger partial charge in [-0.3, -0.25) is 0 Å². The van der Waals surface area contributed by atoms with E-state index in [0.717, 1.165) is 29.8 Å². The Morgan fingerprint density at radius 2 is 2.19 bits per heavy atom. The molecule has 0 spiro atoms. The number of hydrogen-bond acceptors (Lipinski definition) is 2. The van der Waals surface area contributed by atoms with Crippen molar-refractivity contribution in [3.63, 3.8) is 0 Å². The van der Waals surface area contributed by atoms with Gasteiger partial charge in [0.25, 0.3) is 0 Å². The average Bonchev–Trinajstić information content (AvgIpc) is 2.89. The van der Waals surface area contributed by atoms with Crippen molar-refractivity contribution in [1.29, 1.82) is 0 Å². The summed E-state index contributed by atoms with van der Waals surface area (Å²) in [7, 11) is 1.47. The van der Waals surface area contributed by atoms with Gasteiger partial charge in [-0.25, -0.2) is 4.79 Å². The van der Waals surface area contributed by atoms with E-state index < -0.39 is 12.1 Å². The predicted octanol–water partition coefficient (Wildman–Crippen LogP) is 1.76. The molecule has 1 fully saturated rings. The minimum atomic E-state index is -0.877. The Morgan fingerprint density at radius 3 is 2.50 bits per heavy atom. The number of aromatic amines is 1. The van der Waals surface area contributed by atoms with Crippen LogP contribution in [-0.4, -0.2) is 29.3 Å². The number of carbonyl (C=O) groups is 1. The summed E-state index contributed by atoms with van der Waals surface area (Å²) in [5.74, 6) is -0.877. The molecular formula is C12H17NO3. The molecule has 1 saturated carbocycles. The number of ether oxygens (including phenoxy) is 1. The van der Waals surface area contributed by atoms with Crippen LogP contribution in [0.15, 0.2) is 6.07 Å². The Hall–Kier alpha value is -1.29. The Morgan fingerprint density at radius 1 is 1.56 bits per heavy atom. The van der Waals surface area contributed by atoms with Crippen molar-refractivity contribution in [2.75, 3.05) is 7.11 Å². The number of carboxylic acids is 1. The molecule has 0 aromatic carbocycles. The van der Waals surface area contributed by atoms with Crippen LogP contribution in [0.2, 0.25) is 0 Å². The normalized spacial score (nSPS) is 19.4. The van der Waals surface area contributed by atoms with Crippen LogP contribution >= 0.6 is 0 Å². The first-order valence-electron chi connectivity index (χ1n) is 5.43. The summed E-state index contributed by atoms with van der Waals surface area (Å²) < 4.78 is 5.14. The molecule has 1 aromatic rings. The van der Waals surface area contributed by atoms with E-state index in [9.17, 15) is 9.90 Å². The summed E-state index contributed by atoms with van der Waals surface area (Å²) in [6, 6.07) is 2.04. The Balaban J connectivity index is 2.39. The maximum absolute atomic E-state index is 11.2. The summed E-state index contributed by atoms with van der Waals surface area (Å²) in [6.07, 6.45) is 1.03. The van der Waals surface area contributed by atoms with Crippen LogP contribution in [0, 0.1) is 13.8 Å². The molecule has 88 valence electrons. The zero-order valence-electron chi connectivity index (χ0n) is 9.83. The van der Waals surface area contributed by atoms with Crippen molar-refractivity contribution in [1.82, 2.24) is 4.98 Å². The third-order valence-electron chi connectivity index (χ3n) is 3.44. The number of nitrogens with one attached hydrogen (secondary N) is 1. The predicted molar refractivity (Wildman–Crippen MR) is 59.6 cm³/mol. The zero-order chi connectivity index (χ0) is 11.9. The van der Waals surface area contributed by atoms with E-state index >= 15 is 0 Å². The number of aliphatic carboxylic acids is 1. The van der Waals surface area contributed by atoms with Crippen LogP contribution in [-0.2, 0) is 14.9 Å². The number of aromatic nitrogens is 1. The van der Waals surface area contributed by atoms with Gasteiger partial charge in [-0.2, -0.15) is 0 Å². The van der Waals surface area contributed by atoms with Crippen LogP contribution in [0.25, 0.3) is 0 Å². The molecule has 0 bridgehead atoms. The average molecular weight is 223 g/mol. The second kappa shape index (κ2) is 3.63. The van der Waals surface area contributed by atoms with Gasteiger partial charge < -0.3 is 14.8 Å². The minimum absolute atomic E-state index is 0.310. The second-order valence-electron chi connectivity index (χ2n) is 4.60. The summed E-state index contributed by atoms with van der Waals surface area (Å²) in [5, 5.41) is 9.17. The van der Waals surface area contributed by atoms with Crippen LogP contribution in [0.1, 0.15) is 29.8 Å². The summed E-state index contributed by atoms with van der Waals surface area (Å²) in [5.41, 5.74) is 2.91. The van der Waals surface area contributed by atoms with Crippen LogP contribution in [0.5, 0.6) is 0 Å². The Bertz CT molecular complexity index is 418. The van der Waals surface area contributed by atoms with E-state index in [1.807, 2.05) is 19.9 Å². The highest BCUT2D eigenvalue weighted by Crippen LogP contribution is 2.53. The van der Waals surface area contributed by atoms with Crippen molar-refractivity contribution < 1.29 is 14.6 Å². The van der Waals surface area contributed by atoms with Gasteiger partial charge in [0.15, 0.2) is 6.10 Å². The first-order valence-corrected chi connectivity index (χ1v) is 5.43. The molecular weight excluding hydrogens is 206 g/mol. The highest BCUT2D eigenvalue weighted by molar-refractivity contribution is 5.76. The lowest BCUT2D eigenvalue weighted by Gasteiger charge is -2.22. The smallest absolute Gasteiger partial charge is 0.333 e. The van der Waals surface area contributed by atoms with E-state index in [-0.39, 0.29) is 5.41 Å². The fourth-order valence-electron chi connectivity index (χ4n) is 2.61. The standard InChI is InChI=1S/C12H17NO3/c1-7-6-9(8(2)13-7)12(4-5-12)10(16-3)11(14)15/h6,10,13H,4-5H2,1-3H3,(H,14,15). The first-order chi connectivity index (χ1) is 7.51. The van der Waals surface area contributed by atoms with E-state index in [1.165, 1.54) is 7.11 Å². The molecule has 0 radical (unpaired) electrons. The largest absolute Gasteiger partial charge is 0.479 e. The molecule has 4 nitrogen and oxygen atoms in total. The lowest BCUT2D eigenvalue weighted by Crippen LogP contribution is -2.36. The SMILES string of the molecule is COC(C(=O)O)C1(c2cc(C)[nH]c2C)CC1. The van der Waals surface area contributed by atoms with Crippen molar-refractivity contribution >= 4 is 5.97 Å². The molecule has 1 heterocycles. The van der Waals surface area contributed by atoms with Gasteiger partial charge in [0, 0.05) is 23.9 Å². The molecule has 0 amide bonds. The van der Waals surface area contributed by atoms with Crippen LogP contribution in [0.3, 0.4) is 0 Å². The summed E-state index contributed by atoms with van der Waals surface area (Å²) in [4.78, 5) is 14.4. The van der Waals surface area contributed by atoms with Crippen molar-refractivity contribution in [2.24, 2.45) is 0 Å². The number of aryl methyl sites for hydroxylation is 2. The van der Waals surface area contributed by atoms with Gasteiger partial charge >= 0.3 is 5.97 Å². The van der Waals surface area contributed by atoms with E-state index in [2.05, 4.69) is 4.98 Å². The third-order valence-corrected chi connectivity index (χ3v) is 3.44. The highest BCUT2D eigenvalue weighted by Gasteiger charge is 2.55. The summed E-state index contributed by atoms with van der Waals surface area (Å²) >= 11 is 0. The molecule has 2 N–H and O–H groups in total. The zero-order valence-corrected chi connectivity index (χ0v) is 9.83. The number of carboxylic acid groups (broad SMARTS) is 1. The van der Waals surface area contributed by atoms with Gasteiger partial charge in [0.2, 0.25) is 0 Å². The first kappa shape index (κ1) is 11.2. The quantitative estimate of drug-likeness (QED) is 0.817. The lowest BCUT2D eigenvalue weighted by molar-refractivity contribution is -0.150. The molecule has 1 aliphatic carbocycles. The lowest BCUT2D eigenvalue weighted by atomic mass is 9.89. The topological polar surface area (TPSA) is 62.3 Å². The second-order valence-corrected chi connectivity index (χ2v) is 4.60. The Labute approximate surface area is 94.6 Å². The molecule has 1 atom stereocenters.